The van der Waals surface area contributed by atoms with Crippen LogP contribution >= 0.6 is 0 Å². The van der Waals surface area contributed by atoms with Crippen molar-refractivity contribution in [2.45, 2.75) is 12.4 Å². The molecule has 0 bridgehead atoms. The van der Waals surface area contributed by atoms with Gasteiger partial charge in [0.05, 0.1) is 33.6 Å². The number of hydrogen-bond acceptors (Lipinski definition) is 8. The van der Waals surface area contributed by atoms with Gasteiger partial charge in [0.15, 0.2) is 22.6 Å². The molecule has 44 heavy (non-hydrogen) atoms. The molecule has 0 spiro atoms. The summed E-state index contributed by atoms with van der Waals surface area (Å²) in [6, 6.07) is 9.66. The Kier molecular flexibility index (Phi) is 6.80. The fraction of sp³-hybridized carbons (Fsp3) is 0.0714. The van der Waals surface area contributed by atoms with Gasteiger partial charge in [-0.15, -0.1) is 0 Å². The average molecular weight is 612 g/mol. The molecule has 2 aliphatic heterocycles. The van der Waals surface area contributed by atoms with Crippen LogP contribution in [0.2, 0.25) is 0 Å². The summed E-state index contributed by atoms with van der Waals surface area (Å²) in [5, 5.41) is 42.6. The Balaban J connectivity index is 1.89. The number of hydrogen-bond donors (Lipinski definition) is 2. The number of nitrogens with zero attached hydrogens (tertiary/aromatic N) is 4. The SMILES string of the molecule is N#CC(C#N)=C1Nc2c(c(-c3ccc(C(F)(F)F)c(F)c3)c3c(c2-c2ccc(C(F)(F)F)c(F)c2)OC(=C(C#N)C#N)N3)O1. The first-order valence-corrected chi connectivity index (χ1v) is 11.7. The summed E-state index contributed by atoms with van der Waals surface area (Å²) in [4.78, 5) is 0. The molecule has 8 nitrogen and oxygen atoms in total. The summed E-state index contributed by atoms with van der Waals surface area (Å²) in [5.41, 5.74) is -6.28. The van der Waals surface area contributed by atoms with E-state index in [9.17, 15) is 56.2 Å². The highest BCUT2D eigenvalue weighted by Gasteiger charge is 2.40. The maximum Gasteiger partial charge on any atom is 0.419 e. The molecule has 0 unspecified atom stereocenters. The molecule has 5 rings (SSSR count). The van der Waals surface area contributed by atoms with Crippen LogP contribution in [0.1, 0.15) is 11.1 Å². The Morgan fingerprint density at radius 3 is 1.20 bits per heavy atom. The van der Waals surface area contributed by atoms with Gasteiger partial charge in [0.25, 0.3) is 0 Å². The Labute approximate surface area is 240 Å². The van der Waals surface area contributed by atoms with Crippen LogP contribution in [0.3, 0.4) is 0 Å². The fourth-order valence-corrected chi connectivity index (χ4v) is 4.46. The van der Waals surface area contributed by atoms with E-state index in [0.29, 0.717) is 24.3 Å². The normalized spacial score (nSPS) is 13.1. The van der Waals surface area contributed by atoms with Gasteiger partial charge in [0.2, 0.25) is 11.8 Å². The highest BCUT2D eigenvalue weighted by atomic mass is 19.4. The summed E-state index contributed by atoms with van der Waals surface area (Å²) < 4.78 is 121. The second-order valence-corrected chi connectivity index (χ2v) is 8.85. The van der Waals surface area contributed by atoms with E-state index in [1.165, 1.54) is 0 Å². The van der Waals surface area contributed by atoms with E-state index in [-0.39, 0.29) is 33.6 Å². The zero-order valence-electron chi connectivity index (χ0n) is 21.1. The molecule has 2 aliphatic rings. The lowest BCUT2D eigenvalue weighted by atomic mass is 9.93. The standard InChI is InChI=1S/C28H8F8N6O2/c29-17-5-11(1-3-15(17)27(31,32)33)19-21-24(44-25(41-21)13(7-37)8-38)20(12-2-4-16(18(30)6-12)28(34,35)36)22-23(19)43-26(42-22)14(9-39)10-40/h1-6,41-42H. The minimum absolute atomic E-state index is 0.276. The van der Waals surface area contributed by atoms with Gasteiger partial charge in [-0.1, -0.05) is 12.1 Å². The van der Waals surface area contributed by atoms with Crippen LogP contribution in [0, 0.1) is 57.0 Å². The summed E-state index contributed by atoms with van der Waals surface area (Å²) in [7, 11) is 0. The summed E-state index contributed by atoms with van der Waals surface area (Å²) in [5.74, 6) is -5.28. The van der Waals surface area contributed by atoms with E-state index < -0.39 is 69.5 Å². The molecule has 0 fully saturated rings. The molecule has 0 saturated heterocycles. The maximum atomic E-state index is 14.7. The molecule has 0 aromatic heterocycles. The van der Waals surface area contributed by atoms with E-state index in [2.05, 4.69) is 10.6 Å². The van der Waals surface area contributed by atoms with Gasteiger partial charge in [-0.05, 0) is 35.4 Å². The molecular weight excluding hydrogens is 604 g/mol. The minimum atomic E-state index is -5.07. The number of allylic oxidation sites excluding steroid dienone is 2. The third-order valence-electron chi connectivity index (χ3n) is 6.32. The predicted molar refractivity (Wildman–Crippen MR) is 132 cm³/mol. The van der Waals surface area contributed by atoms with Crippen molar-refractivity contribution in [3.63, 3.8) is 0 Å². The van der Waals surface area contributed by atoms with Crippen molar-refractivity contribution in [3.8, 4) is 58.0 Å². The smallest absolute Gasteiger partial charge is 0.419 e. The summed E-state index contributed by atoms with van der Waals surface area (Å²) in [6.45, 7) is 0. The van der Waals surface area contributed by atoms with Gasteiger partial charge in [0, 0.05) is 0 Å². The van der Waals surface area contributed by atoms with Gasteiger partial charge in [-0.3, -0.25) is 0 Å². The van der Waals surface area contributed by atoms with Crippen molar-refractivity contribution in [3.05, 3.63) is 82.1 Å². The van der Waals surface area contributed by atoms with Crippen LogP contribution in [-0.4, -0.2) is 0 Å². The molecule has 16 heteroatoms. The number of ether oxygens (including phenoxy) is 2. The number of fused-ring (bicyclic) bond motifs is 2. The topological polar surface area (TPSA) is 138 Å². The summed E-state index contributed by atoms with van der Waals surface area (Å²) >= 11 is 0. The number of halogens is 8. The number of anilines is 2. The summed E-state index contributed by atoms with van der Waals surface area (Å²) in [6.07, 6.45) is -10.1. The molecular formula is C28H8F8N6O2. The van der Waals surface area contributed by atoms with E-state index in [0.717, 1.165) is 12.1 Å². The molecule has 3 aromatic rings. The second-order valence-electron chi connectivity index (χ2n) is 8.85. The van der Waals surface area contributed by atoms with Gasteiger partial charge in [0.1, 0.15) is 35.9 Å². The Bertz CT molecular complexity index is 1800. The first-order chi connectivity index (χ1) is 20.7. The van der Waals surface area contributed by atoms with Gasteiger partial charge >= 0.3 is 12.4 Å². The molecule has 218 valence electrons. The maximum absolute atomic E-state index is 14.7. The lowest BCUT2D eigenvalue weighted by Crippen LogP contribution is -2.08. The highest BCUT2D eigenvalue weighted by Crippen LogP contribution is 2.60. The number of nitrogens with one attached hydrogen (secondary N) is 2. The fourth-order valence-electron chi connectivity index (χ4n) is 4.46. The van der Waals surface area contributed by atoms with Gasteiger partial charge < -0.3 is 20.1 Å². The lowest BCUT2D eigenvalue weighted by Gasteiger charge is -2.17. The van der Waals surface area contributed by atoms with Crippen molar-refractivity contribution in [1.82, 2.24) is 0 Å². The molecule has 2 heterocycles. The largest absolute Gasteiger partial charge is 0.436 e. The Morgan fingerprint density at radius 2 is 0.932 bits per heavy atom. The van der Waals surface area contributed by atoms with E-state index in [1.54, 1.807) is 24.3 Å². The minimum Gasteiger partial charge on any atom is -0.436 e. The first kappa shape index (κ1) is 29.2. The van der Waals surface area contributed by atoms with E-state index >= 15 is 0 Å². The third kappa shape index (κ3) is 4.71. The molecule has 3 aromatic carbocycles. The zero-order chi connectivity index (χ0) is 32.1. The highest BCUT2D eigenvalue weighted by molar-refractivity contribution is 6.05. The van der Waals surface area contributed by atoms with Crippen LogP contribution < -0.4 is 20.1 Å². The molecule has 0 radical (unpaired) electrons. The Morgan fingerprint density at radius 1 is 0.591 bits per heavy atom. The second kappa shape index (κ2) is 10.2. The van der Waals surface area contributed by atoms with Gasteiger partial charge in [-0.2, -0.15) is 47.4 Å². The van der Waals surface area contributed by atoms with Gasteiger partial charge in [-0.25, -0.2) is 8.78 Å². The number of rotatable bonds is 2. The molecule has 2 N–H and O–H groups in total. The molecule has 0 atom stereocenters. The van der Waals surface area contributed by atoms with E-state index in [4.69, 9.17) is 9.47 Å². The van der Waals surface area contributed by atoms with Crippen LogP contribution in [0.5, 0.6) is 11.5 Å². The first-order valence-electron chi connectivity index (χ1n) is 11.7. The van der Waals surface area contributed by atoms with Crippen LogP contribution in [0.25, 0.3) is 22.3 Å². The van der Waals surface area contributed by atoms with Crippen molar-refractivity contribution in [1.29, 1.82) is 21.0 Å². The van der Waals surface area contributed by atoms with Crippen LogP contribution in [0.15, 0.2) is 59.3 Å². The monoisotopic (exact) mass is 612 g/mol. The number of nitriles is 4. The molecule has 0 saturated carbocycles. The number of benzene rings is 3. The van der Waals surface area contributed by atoms with Crippen molar-refractivity contribution in [2.24, 2.45) is 0 Å². The lowest BCUT2D eigenvalue weighted by molar-refractivity contribution is -0.140. The molecule has 0 aliphatic carbocycles. The molecule has 0 amide bonds. The van der Waals surface area contributed by atoms with Crippen LogP contribution in [0.4, 0.5) is 46.5 Å². The third-order valence-corrected chi connectivity index (χ3v) is 6.32. The predicted octanol–water partition coefficient (Wildman–Crippen LogP) is 7.46. The quantitative estimate of drug-likeness (QED) is 0.225. The van der Waals surface area contributed by atoms with Crippen molar-refractivity contribution in [2.75, 3.05) is 10.6 Å². The van der Waals surface area contributed by atoms with Crippen LogP contribution in [-0.2, 0) is 12.4 Å². The van der Waals surface area contributed by atoms with E-state index in [1.807, 2.05) is 0 Å². The zero-order valence-corrected chi connectivity index (χ0v) is 21.1. The number of alkyl halides is 6. The Hall–Kier alpha value is -6.26. The average Bonchev–Trinajstić information content (AvgIpc) is 3.56. The van der Waals surface area contributed by atoms with Crippen molar-refractivity contribution < 1.29 is 44.6 Å². The van der Waals surface area contributed by atoms with Crippen molar-refractivity contribution >= 4 is 11.4 Å².